The number of amides is 1. The molecule has 25 heavy (non-hydrogen) atoms. The first-order valence-electron chi connectivity index (χ1n) is 7.51. The van der Waals surface area contributed by atoms with Crippen molar-refractivity contribution in [2.45, 2.75) is 6.92 Å². The van der Waals surface area contributed by atoms with Crippen molar-refractivity contribution in [1.82, 2.24) is 20.0 Å². The lowest BCUT2D eigenvalue weighted by Crippen LogP contribution is -2.13. The third kappa shape index (κ3) is 3.09. The Morgan fingerprint density at radius 1 is 1.12 bits per heavy atom. The van der Waals surface area contributed by atoms with Crippen LogP contribution in [0, 0.1) is 6.92 Å². The van der Waals surface area contributed by atoms with Crippen molar-refractivity contribution in [3.63, 3.8) is 0 Å². The summed E-state index contributed by atoms with van der Waals surface area (Å²) in [4.78, 5) is 13.6. The Hall–Kier alpha value is -2.84. The Bertz CT molecular complexity index is 1010. The van der Waals surface area contributed by atoms with Crippen LogP contribution < -0.4 is 5.32 Å². The topological polar surface area (TPSA) is 72.7 Å². The summed E-state index contributed by atoms with van der Waals surface area (Å²) in [7, 11) is 0. The summed E-state index contributed by atoms with van der Waals surface area (Å²) in [6.45, 7) is 1.87. The molecule has 124 valence electrons. The highest BCUT2D eigenvalue weighted by Crippen LogP contribution is 2.30. The lowest BCUT2D eigenvalue weighted by Gasteiger charge is -2.05. The average molecular weight is 367 g/mol. The van der Waals surface area contributed by atoms with E-state index in [4.69, 9.17) is 0 Å². The van der Waals surface area contributed by atoms with Crippen molar-refractivity contribution in [3.05, 3.63) is 65.3 Å². The molecule has 0 spiro atoms. The summed E-state index contributed by atoms with van der Waals surface area (Å²) < 4.78 is 1.74. The summed E-state index contributed by atoms with van der Waals surface area (Å²) in [6.07, 6.45) is 1.57. The smallest absolute Gasteiger partial charge is 0.260 e. The van der Waals surface area contributed by atoms with Gasteiger partial charge in [-0.1, -0.05) is 35.6 Å². The van der Waals surface area contributed by atoms with Gasteiger partial charge >= 0.3 is 0 Å². The van der Waals surface area contributed by atoms with E-state index in [2.05, 4.69) is 20.6 Å². The molecule has 3 heterocycles. The van der Waals surface area contributed by atoms with E-state index in [1.54, 1.807) is 22.2 Å². The number of para-hydroxylation sites is 1. The van der Waals surface area contributed by atoms with Gasteiger partial charge in [-0.05, 0) is 30.5 Å². The van der Waals surface area contributed by atoms with E-state index in [0.29, 0.717) is 10.7 Å². The zero-order valence-electron chi connectivity index (χ0n) is 13.2. The summed E-state index contributed by atoms with van der Waals surface area (Å²) in [5.74, 6) is -0.242. The molecule has 0 saturated carbocycles. The number of anilines is 1. The second-order valence-electron chi connectivity index (χ2n) is 5.23. The van der Waals surface area contributed by atoms with Gasteiger partial charge in [-0.3, -0.25) is 10.1 Å². The first-order valence-corrected chi connectivity index (χ1v) is 9.21. The first-order chi connectivity index (χ1) is 12.2. The third-order valence-corrected chi connectivity index (χ3v) is 5.51. The lowest BCUT2D eigenvalue weighted by atomic mass is 10.2. The molecule has 0 unspecified atom stereocenters. The molecule has 0 bridgehead atoms. The molecule has 4 aromatic rings. The Labute approximate surface area is 151 Å². The number of carbonyl (C=O) groups is 1. The molecule has 1 N–H and O–H groups in total. The molecule has 4 rings (SSSR count). The molecule has 0 aliphatic carbocycles. The van der Waals surface area contributed by atoms with Crippen molar-refractivity contribution < 1.29 is 4.79 Å². The van der Waals surface area contributed by atoms with Crippen LogP contribution in [0.25, 0.3) is 15.6 Å². The van der Waals surface area contributed by atoms with E-state index in [1.165, 1.54) is 11.3 Å². The number of carbonyl (C=O) groups excluding carboxylic acids is 1. The number of nitrogens with one attached hydrogen (secondary N) is 1. The maximum atomic E-state index is 12.6. The van der Waals surface area contributed by atoms with Crippen LogP contribution in [-0.4, -0.2) is 25.9 Å². The monoisotopic (exact) mass is 367 g/mol. The molecular weight excluding hydrogens is 354 g/mol. The molecule has 0 atom stereocenters. The number of benzene rings is 1. The van der Waals surface area contributed by atoms with Gasteiger partial charge in [0.05, 0.1) is 28.0 Å². The zero-order valence-corrected chi connectivity index (χ0v) is 14.8. The molecule has 1 aromatic carbocycles. The van der Waals surface area contributed by atoms with Crippen LogP contribution in [0.3, 0.4) is 0 Å². The van der Waals surface area contributed by atoms with Crippen molar-refractivity contribution in [2.24, 2.45) is 0 Å². The van der Waals surface area contributed by atoms with E-state index < -0.39 is 0 Å². The van der Waals surface area contributed by atoms with Gasteiger partial charge in [-0.15, -0.1) is 21.5 Å². The fourth-order valence-electron chi connectivity index (χ4n) is 2.40. The van der Waals surface area contributed by atoms with Gasteiger partial charge in [0.2, 0.25) is 5.13 Å². The Balaban J connectivity index is 1.55. The SMILES string of the molecule is Cc1c(C(=O)Nc2nnc(-c3cccs3)s2)cnn1-c1ccccc1. The summed E-state index contributed by atoms with van der Waals surface area (Å²) in [5, 5.41) is 18.5. The zero-order chi connectivity index (χ0) is 17.2. The third-order valence-electron chi connectivity index (χ3n) is 3.63. The van der Waals surface area contributed by atoms with Crippen LogP contribution in [0.5, 0.6) is 0 Å². The fourth-order valence-corrected chi connectivity index (χ4v) is 3.93. The average Bonchev–Trinajstić information content (AvgIpc) is 3.35. The molecule has 0 aliphatic heterocycles. The second-order valence-corrected chi connectivity index (χ2v) is 7.16. The number of nitrogens with zero attached hydrogens (tertiary/aromatic N) is 4. The molecule has 0 saturated heterocycles. The van der Waals surface area contributed by atoms with E-state index in [9.17, 15) is 4.79 Å². The van der Waals surface area contributed by atoms with Crippen LogP contribution in [0.1, 0.15) is 16.1 Å². The normalized spacial score (nSPS) is 10.8. The molecule has 0 fully saturated rings. The highest BCUT2D eigenvalue weighted by molar-refractivity contribution is 7.23. The first kappa shape index (κ1) is 15.7. The van der Waals surface area contributed by atoms with E-state index >= 15 is 0 Å². The van der Waals surface area contributed by atoms with Gasteiger partial charge in [-0.25, -0.2) is 4.68 Å². The van der Waals surface area contributed by atoms with Gasteiger partial charge in [0.15, 0.2) is 5.01 Å². The molecule has 8 heteroatoms. The summed E-state index contributed by atoms with van der Waals surface area (Å²) >= 11 is 2.94. The number of hydrogen-bond donors (Lipinski definition) is 1. The van der Waals surface area contributed by atoms with E-state index in [1.807, 2.05) is 54.8 Å². The van der Waals surface area contributed by atoms with Gasteiger partial charge < -0.3 is 0 Å². The molecular formula is C17H13N5OS2. The highest BCUT2D eigenvalue weighted by Gasteiger charge is 2.17. The summed E-state index contributed by atoms with van der Waals surface area (Å²) in [5.41, 5.74) is 2.19. The highest BCUT2D eigenvalue weighted by atomic mass is 32.1. The Morgan fingerprint density at radius 2 is 1.96 bits per heavy atom. The second kappa shape index (κ2) is 6.58. The van der Waals surface area contributed by atoms with Crippen LogP contribution >= 0.6 is 22.7 Å². The van der Waals surface area contributed by atoms with Crippen molar-refractivity contribution in [2.75, 3.05) is 5.32 Å². The van der Waals surface area contributed by atoms with Gasteiger partial charge in [0, 0.05) is 0 Å². The van der Waals surface area contributed by atoms with Crippen LogP contribution in [0.15, 0.2) is 54.0 Å². The molecule has 6 nitrogen and oxygen atoms in total. The van der Waals surface area contributed by atoms with Crippen molar-refractivity contribution in [1.29, 1.82) is 0 Å². The molecule has 0 aliphatic rings. The minimum atomic E-state index is -0.242. The van der Waals surface area contributed by atoms with Crippen LogP contribution in [0.2, 0.25) is 0 Å². The minimum absolute atomic E-state index is 0.242. The number of thiophene rings is 1. The molecule has 3 aromatic heterocycles. The summed E-state index contributed by atoms with van der Waals surface area (Å²) in [6, 6.07) is 13.6. The number of aromatic nitrogens is 4. The van der Waals surface area contributed by atoms with E-state index in [0.717, 1.165) is 21.3 Å². The number of hydrogen-bond acceptors (Lipinski definition) is 6. The van der Waals surface area contributed by atoms with Gasteiger partial charge in [-0.2, -0.15) is 5.10 Å². The quantitative estimate of drug-likeness (QED) is 0.591. The largest absolute Gasteiger partial charge is 0.296 e. The van der Waals surface area contributed by atoms with Gasteiger partial charge in [0.25, 0.3) is 5.91 Å². The fraction of sp³-hybridized carbons (Fsp3) is 0.0588. The van der Waals surface area contributed by atoms with Crippen LogP contribution in [-0.2, 0) is 0 Å². The van der Waals surface area contributed by atoms with Crippen molar-refractivity contribution >= 4 is 33.7 Å². The Morgan fingerprint density at radius 3 is 2.72 bits per heavy atom. The lowest BCUT2D eigenvalue weighted by molar-refractivity contribution is 0.102. The van der Waals surface area contributed by atoms with Crippen LogP contribution in [0.4, 0.5) is 5.13 Å². The number of rotatable bonds is 4. The van der Waals surface area contributed by atoms with E-state index in [-0.39, 0.29) is 5.91 Å². The van der Waals surface area contributed by atoms with Gasteiger partial charge in [0.1, 0.15) is 0 Å². The van der Waals surface area contributed by atoms with Crippen molar-refractivity contribution in [3.8, 4) is 15.6 Å². The molecule has 1 amide bonds. The molecule has 0 radical (unpaired) electrons. The predicted molar refractivity (Wildman–Crippen MR) is 99.5 cm³/mol. The maximum absolute atomic E-state index is 12.6. The minimum Gasteiger partial charge on any atom is -0.296 e. The Kier molecular flexibility index (Phi) is 4.12. The maximum Gasteiger partial charge on any atom is 0.260 e. The standard InChI is InChI=1S/C17H13N5OS2/c1-11-13(10-18-22(11)12-6-3-2-4-7-12)15(23)19-17-21-20-16(25-17)14-8-5-9-24-14/h2-10H,1H3,(H,19,21,23). The predicted octanol–water partition coefficient (Wildman–Crippen LogP) is 4.01.